The number of ether oxygens (including phenoxy) is 1. The van der Waals surface area contributed by atoms with Crippen LogP contribution in [0.5, 0.6) is 5.75 Å². The molecule has 2 aromatic carbocycles. The van der Waals surface area contributed by atoms with Gasteiger partial charge in [0.2, 0.25) is 5.95 Å². The van der Waals surface area contributed by atoms with Gasteiger partial charge in [0.05, 0.1) is 18.8 Å². The molecule has 27 heavy (non-hydrogen) atoms. The van der Waals surface area contributed by atoms with Crippen molar-refractivity contribution in [3.05, 3.63) is 86.3 Å². The molecule has 5 nitrogen and oxygen atoms in total. The van der Waals surface area contributed by atoms with E-state index in [0.717, 1.165) is 16.9 Å². The molecule has 3 aromatic rings. The van der Waals surface area contributed by atoms with Crippen molar-refractivity contribution in [2.75, 3.05) is 12.4 Å². The topological polar surface area (TPSA) is 67.0 Å². The molecule has 0 aliphatic rings. The third-order valence-corrected chi connectivity index (χ3v) is 4.74. The lowest BCUT2D eigenvalue weighted by molar-refractivity contribution is 0.414. The molecule has 6 heteroatoms. The summed E-state index contributed by atoms with van der Waals surface area (Å²) in [5.41, 5.74) is 3.31. The van der Waals surface area contributed by atoms with Gasteiger partial charge in [0, 0.05) is 17.0 Å². The van der Waals surface area contributed by atoms with Crippen molar-refractivity contribution in [1.82, 2.24) is 9.97 Å². The number of hydrogen-bond donors (Lipinski definition) is 2. The van der Waals surface area contributed by atoms with Gasteiger partial charge >= 0.3 is 0 Å². The lowest BCUT2D eigenvalue weighted by Gasteiger charge is -2.16. The monoisotopic (exact) mass is 383 g/mol. The summed E-state index contributed by atoms with van der Waals surface area (Å²) in [4.78, 5) is 19.9. The first kappa shape index (κ1) is 19.0. The Hall–Kier alpha value is -2.79. The van der Waals surface area contributed by atoms with Gasteiger partial charge < -0.3 is 10.1 Å². The van der Waals surface area contributed by atoms with Crippen LogP contribution in [0.2, 0.25) is 5.02 Å². The first-order valence-electron chi connectivity index (χ1n) is 8.71. The Labute approximate surface area is 163 Å². The van der Waals surface area contributed by atoms with E-state index in [9.17, 15) is 4.79 Å². The number of rotatable bonds is 6. The zero-order valence-corrected chi connectivity index (χ0v) is 16.3. The highest BCUT2D eigenvalue weighted by molar-refractivity contribution is 6.30. The molecule has 0 fully saturated rings. The summed E-state index contributed by atoms with van der Waals surface area (Å²) in [6, 6.07) is 15.2. The van der Waals surface area contributed by atoms with Crippen LogP contribution in [0.25, 0.3) is 0 Å². The van der Waals surface area contributed by atoms with Crippen LogP contribution < -0.4 is 15.6 Å². The molecule has 1 heterocycles. The molecule has 1 aromatic heterocycles. The minimum absolute atomic E-state index is 0.0134. The number of benzene rings is 2. The largest absolute Gasteiger partial charge is 0.497 e. The summed E-state index contributed by atoms with van der Waals surface area (Å²) in [5.74, 6) is 1.26. The minimum Gasteiger partial charge on any atom is -0.497 e. The fraction of sp³-hybridized carbons (Fsp3) is 0.238. The molecule has 2 N–H and O–H groups in total. The minimum atomic E-state index is -0.137. The fourth-order valence-corrected chi connectivity index (χ4v) is 3.00. The van der Waals surface area contributed by atoms with Crippen molar-refractivity contribution in [2.45, 2.75) is 26.3 Å². The van der Waals surface area contributed by atoms with Crippen LogP contribution in [0, 0.1) is 6.92 Å². The molecule has 0 radical (unpaired) electrons. The molecule has 0 amide bonds. The Balaban J connectivity index is 1.77. The normalized spacial score (nSPS) is 11.9. The van der Waals surface area contributed by atoms with Gasteiger partial charge in [0.15, 0.2) is 0 Å². The van der Waals surface area contributed by atoms with E-state index in [-0.39, 0.29) is 11.6 Å². The molecule has 1 atom stereocenters. The number of nitrogens with one attached hydrogen (secondary N) is 2. The van der Waals surface area contributed by atoms with Gasteiger partial charge in [-0.15, -0.1) is 0 Å². The summed E-state index contributed by atoms with van der Waals surface area (Å²) < 4.78 is 5.18. The molecule has 0 bridgehead atoms. The van der Waals surface area contributed by atoms with Gasteiger partial charge in [-0.3, -0.25) is 9.78 Å². The molecule has 140 valence electrons. The third kappa shape index (κ3) is 4.68. The van der Waals surface area contributed by atoms with Crippen molar-refractivity contribution in [2.24, 2.45) is 0 Å². The number of methoxy groups -OCH3 is 1. The number of nitrogens with zero attached hydrogens (tertiary/aromatic N) is 1. The number of aryl methyl sites for hydroxylation is 1. The third-order valence-electron chi connectivity index (χ3n) is 4.49. The lowest BCUT2D eigenvalue weighted by atomic mass is 10.1. The van der Waals surface area contributed by atoms with Crippen LogP contribution in [0.15, 0.2) is 53.3 Å². The van der Waals surface area contributed by atoms with Crippen LogP contribution in [-0.4, -0.2) is 17.1 Å². The summed E-state index contributed by atoms with van der Waals surface area (Å²) in [6.45, 7) is 3.86. The second kappa shape index (κ2) is 8.27. The van der Waals surface area contributed by atoms with Crippen molar-refractivity contribution in [3.63, 3.8) is 0 Å². The number of aromatic amines is 1. The van der Waals surface area contributed by atoms with Crippen LogP contribution in [0.3, 0.4) is 0 Å². The Bertz CT molecular complexity index is 966. The Morgan fingerprint density at radius 1 is 1.15 bits per heavy atom. The molecule has 0 aliphatic carbocycles. The highest BCUT2D eigenvalue weighted by Crippen LogP contribution is 2.20. The fourth-order valence-electron chi connectivity index (χ4n) is 2.87. The second-order valence-electron chi connectivity index (χ2n) is 6.42. The van der Waals surface area contributed by atoms with E-state index in [0.29, 0.717) is 28.6 Å². The molecule has 0 spiro atoms. The second-order valence-corrected chi connectivity index (χ2v) is 6.86. The number of halogens is 1. The van der Waals surface area contributed by atoms with Crippen LogP contribution in [0.1, 0.15) is 35.3 Å². The summed E-state index contributed by atoms with van der Waals surface area (Å²) in [6.07, 6.45) is 0.514. The van der Waals surface area contributed by atoms with E-state index >= 15 is 0 Å². The van der Waals surface area contributed by atoms with E-state index < -0.39 is 0 Å². The maximum atomic E-state index is 12.6. The highest BCUT2D eigenvalue weighted by Gasteiger charge is 2.12. The van der Waals surface area contributed by atoms with Crippen molar-refractivity contribution in [1.29, 1.82) is 0 Å². The summed E-state index contributed by atoms with van der Waals surface area (Å²) >= 11 is 5.92. The van der Waals surface area contributed by atoms with Crippen LogP contribution in [0.4, 0.5) is 5.95 Å². The SMILES string of the molecule is COc1ccc(C(C)Nc2nc(C)c(Cc3ccc(Cl)cc3)c(=O)[nH]2)cc1. The van der Waals surface area contributed by atoms with E-state index in [4.69, 9.17) is 16.3 Å². The highest BCUT2D eigenvalue weighted by atomic mass is 35.5. The van der Waals surface area contributed by atoms with Crippen LogP contribution in [-0.2, 0) is 6.42 Å². The van der Waals surface area contributed by atoms with E-state index in [2.05, 4.69) is 15.3 Å². The Morgan fingerprint density at radius 3 is 2.41 bits per heavy atom. The molecule has 3 rings (SSSR count). The number of H-pyrrole nitrogens is 1. The van der Waals surface area contributed by atoms with Gasteiger partial charge in [-0.2, -0.15) is 0 Å². The summed E-state index contributed by atoms with van der Waals surface area (Å²) in [7, 11) is 1.64. The molecule has 0 aliphatic heterocycles. The molecule has 0 saturated heterocycles. The van der Waals surface area contributed by atoms with E-state index in [1.54, 1.807) is 7.11 Å². The molecule has 0 saturated carbocycles. The first-order valence-corrected chi connectivity index (χ1v) is 9.09. The summed E-state index contributed by atoms with van der Waals surface area (Å²) in [5, 5.41) is 3.93. The maximum absolute atomic E-state index is 12.6. The Morgan fingerprint density at radius 2 is 1.81 bits per heavy atom. The van der Waals surface area contributed by atoms with Crippen molar-refractivity contribution < 1.29 is 4.74 Å². The molecular formula is C21H22ClN3O2. The van der Waals surface area contributed by atoms with Crippen LogP contribution >= 0.6 is 11.6 Å². The first-order chi connectivity index (χ1) is 13.0. The average molecular weight is 384 g/mol. The maximum Gasteiger partial charge on any atom is 0.256 e. The lowest BCUT2D eigenvalue weighted by Crippen LogP contribution is -2.20. The van der Waals surface area contributed by atoms with E-state index in [1.807, 2.05) is 62.4 Å². The smallest absolute Gasteiger partial charge is 0.256 e. The number of anilines is 1. The van der Waals surface area contributed by atoms with Gasteiger partial charge in [-0.05, 0) is 49.2 Å². The average Bonchev–Trinajstić information content (AvgIpc) is 2.66. The van der Waals surface area contributed by atoms with Gasteiger partial charge in [0.1, 0.15) is 5.75 Å². The van der Waals surface area contributed by atoms with Gasteiger partial charge in [-0.1, -0.05) is 35.9 Å². The quantitative estimate of drug-likeness (QED) is 0.657. The van der Waals surface area contributed by atoms with E-state index in [1.165, 1.54) is 0 Å². The molecular weight excluding hydrogens is 362 g/mol. The Kier molecular flexibility index (Phi) is 5.81. The van der Waals surface area contributed by atoms with Gasteiger partial charge in [0.25, 0.3) is 5.56 Å². The van der Waals surface area contributed by atoms with Crippen molar-refractivity contribution in [3.8, 4) is 5.75 Å². The standard InChI is InChI=1S/C21H22ClN3O2/c1-13(16-6-10-18(27-3)11-7-16)23-21-24-14(2)19(20(26)25-21)12-15-4-8-17(22)9-5-15/h4-11,13H,12H2,1-3H3,(H2,23,24,25,26). The zero-order chi connectivity index (χ0) is 19.4. The number of hydrogen-bond acceptors (Lipinski definition) is 4. The zero-order valence-electron chi connectivity index (χ0n) is 15.5. The number of aromatic nitrogens is 2. The van der Waals surface area contributed by atoms with Gasteiger partial charge in [-0.25, -0.2) is 4.98 Å². The predicted octanol–water partition coefficient (Wildman–Crippen LogP) is 4.50. The predicted molar refractivity (Wildman–Crippen MR) is 109 cm³/mol. The van der Waals surface area contributed by atoms with Crippen molar-refractivity contribution >= 4 is 17.5 Å². The molecule has 1 unspecified atom stereocenters.